The van der Waals surface area contributed by atoms with E-state index in [1.54, 1.807) is 23.1 Å². The molecule has 3 aromatic carbocycles. The molecule has 0 saturated heterocycles. The van der Waals surface area contributed by atoms with Crippen LogP contribution in [0.2, 0.25) is 5.02 Å². The van der Waals surface area contributed by atoms with Crippen LogP contribution in [0.15, 0.2) is 71.9 Å². The first-order chi connectivity index (χ1) is 16.1. The molecule has 2 heterocycles. The highest BCUT2D eigenvalue weighted by atomic mass is 35.5. The molecule has 1 amide bonds. The molecule has 1 unspecified atom stereocenters. The highest BCUT2D eigenvalue weighted by Crippen LogP contribution is 2.34. The topological polar surface area (TPSA) is 60.4 Å². The van der Waals surface area contributed by atoms with Gasteiger partial charge in [0.2, 0.25) is 6.79 Å². The molecule has 168 valence electrons. The summed E-state index contributed by atoms with van der Waals surface area (Å²) in [5.41, 5.74) is 2.37. The van der Waals surface area contributed by atoms with Gasteiger partial charge in [0.1, 0.15) is 5.82 Å². The van der Waals surface area contributed by atoms with Crippen LogP contribution in [0.3, 0.4) is 0 Å². The van der Waals surface area contributed by atoms with Crippen molar-refractivity contribution in [2.24, 2.45) is 5.16 Å². The van der Waals surface area contributed by atoms with E-state index in [2.05, 4.69) is 5.16 Å². The molecule has 33 heavy (non-hydrogen) atoms. The monoisotopic (exact) mass is 466 g/mol. The molecular formula is C25H20ClFN2O4. The van der Waals surface area contributed by atoms with Crippen LogP contribution in [0.4, 0.5) is 4.39 Å². The number of oxime groups is 1. The summed E-state index contributed by atoms with van der Waals surface area (Å²) in [5, 5.41) is 4.76. The Bertz CT molecular complexity index is 1230. The second kappa shape index (κ2) is 9.11. The summed E-state index contributed by atoms with van der Waals surface area (Å²) in [6.07, 6.45) is 0.104. The molecule has 0 aromatic heterocycles. The Morgan fingerprint density at radius 2 is 1.85 bits per heavy atom. The van der Waals surface area contributed by atoms with Gasteiger partial charge in [-0.05, 0) is 42.0 Å². The van der Waals surface area contributed by atoms with Gasteiger partial charge in [0.25, 0.3) is 5.91 Å². The van der Waals surface area contributed by atoms with E-state index >= 15 is 0 Å². The zero-order valence-corrected chi connectivity index (χ0v) is 18.3. The van der Waals surface area contributed by atoms with E-state index in [1.807, 2.05) is 36.4 Å². The number of nitrogens with zero attached hydrogens (tertiary/aromatic N) is 2. The summed E-state index contributed by atoms with van der Waals surface area (Å²) in [7, 11) is 0. The number of hydrogen-bond acceptors (Lipinski definition) is 5. The summed E-state index contributed by atoms with van der Waals surface area (Å²) < 4.78 is 25.2. The van der Waals surface area contributed by atoms with Gasteiger partial charge in [0, 0.05) is 23.6 Å². The average molecular weight is 467 g/mol. The van der Waals surface area contributed by atoms with Crippen LogP contribution in [0.1, 0.15) is 27.9 Å². The Balaban J connectivity index is 1.34. The molecule has 0 saturated carbocycles. The van der Waals surface area contributed by atoms with Crippen molar-refractivity contribution >= 4 is 23.2 Å². The van der Waals surface area contributed by atoms with Crippen molar-refractivity contribution in [2.45, 2.75) is 19.1 Å². The van der Waals surface area contributed by atoms with Crippen LogP contribution < -0.4 is 9.47 Å². The van der Waals surface area contributed by atoms with Crippen molar-refractivity contribution in [1.82, 2.24) is 4.90 Å². The van der Waals surface area contributed by atoms with Crippen LogP contribution >= 0.6 is 11.6 Å². The van der Waals surface area contributed by atoms with Crippen molar-refractivity contribution in [3.8, 4) is 11.5 Å². The van der Waals surface area contributed by atoms with E-state index < -0.39 is 11.7 Å². The minimum atomic E-state index is -0.573. The smallest absolute Gasteiger partial charge is 0.257 e. The minimum absolute atomic E-state index is 0.000497. The van der Waals surface area contributed by atoms with Crippen LogP contribution in [0, 0.1) is 5.82 Å². The number of hydrogen-bond donors (Lipinski definition) is 0. The van der Waals surface area contributed by atoms with E-state index in [9.17, 15) is 9.18 Å². The Hall–Kier alpha value is -3.58. The van der Waals surface area contributed by atoms with E-state index in [0.29, 0.717) is 22.9 Å². The third-order valence-corrected chi connectivity index (χ3v) is 5.94. The number of benzene rings is 3. The Morgan fingerprint density at radius 1 is 1.06 bits per heavy atom. The second-order valence-corrected chi connectivity index (χ2v) is 8.20. The summed E-state index contributed by atoms with van der Waals surface area (Å²) >= 11 is 6.33. The van der Waals surface area contributed by atoms with E-state index in [-0.39, 0.29) is 31.5 Å². The first kappa shape index (κ1) is 21.3. The average Bonchev–Trinajstić information content (AvgIpc) is 3.49. The molecule has 1 atom stereocenters. The maximum atomic E-state index is 14.4. The van der Waals surface area contributed by atoms with Crippen molar-refractivity contribution in [1.29, 1.82) is 0 Å². The van der Waals surface area contributed by atoms with Gasteiger partial charge in [-0.15, -0.1) is 0 Å². The Morgan fingerprint density at radius 3 is 2.70 bits per heavy atom. The molecule has 8 heteroatoms. The first-order valence-electron chi connectivity index (χ1n) is 10.5. The lowest BCUT2D eigenvalue weighted by atomic mass is 10.0. The molecule has 5 rings (SSSR count). The van der Waals surface area contributed by atoms with Crippen molar-refractivity contribution < 1.29 is 23.5 Å². The molecule has 0 fully saturated rings. The lowest BCUT2D eigenvalue weighted by molar-refractivity contribution is 0.0402. The number of carbonyl (C=O) groups is 1. The number of fused-ring (bicyclic) bond motifs is 1. The van der Waals surface area contributed by atoms with Gasteiger partial charge in [0.05, 0.1) is 17.8 Å². The third kappa shape index (κ3) is 4.50. The van der Waals surface area contributed by atoms with Gasteiger partial charge in [-0.2, -0.15) is 0 Å². The van der Waals surface area contributed by atoms with Gasteiger partial charge in [-0.25, -0.2) is 4.39 Å². The van der Waals surface area contributed by atoms with Crippen LogP contribution in [0.5, 0.6) is 11.5 Å². The highest BCUT2D eigenvalue weighted by Gasteiger charge is 2.29. The van der Waals surface area contributed by atoms with Gasteiger partial charge in [0.15, 0.2) is 17.6 Å². The van der Waals surface area contributed by atoms with Gasteiger partial charge >= 0.3 is 0 Å². The predicted molar refractivity (Wildman–Crippen MR) is 121 cm³/mol. The number of rotatable bonds is 6. The van der Waals surface area contributed by atoms with Crippen molar-refractivity contribution in [3.63, 3.8) is 0 Å². The fourth-order valence-corrected chi connectivity index (χ4v) is 4.07. The molecule has 0 N–H and O–H groups in total. The zero-order valence-electron chi connectivity index (χ0n) is 17.5. The Labute approximate surface area is 195 Å². The summed E-state index contributed by atoms with van der Waals surface area (Å²) in [5.74, 6) is 0.342. The maximum Gasteiger partial charge on any atom is 0.257 e. The van der Waals surface area contributed by atoms with E-state index in [1.165, 1.54) is 12.1 Å². The molecule has 0 radical (unpaired) electrons. The van der Waals surface area contributed by atoms with Crippen LogP contribution in [-0.2, 0) is 11.4 Å². The summed E-state index contributed by atoms with van der Waals surface area (Å²) in [4.78, 5) is 20.5. The number of halogens is 2. The summed E-state index contributed by atoms with van der Waals surface area (Å²) in [6.45, 7) is 0.627. The fourth-order valence-electron chi connectivity index (χ4n) is 3.88. The maximum absolute atomic E-state index is 14.4. The SMILES string of the molecule is O=C(c1ccccc1F)N(Cc1ccccc1Cl)CC1CC(c2ccc3c(c2)OCO3)=NO1. The summed E-state index contributed by atoms with van der Waals surface area (Å²) in [6, 6.07) is 18.8. The normalized spacial score (nSPS) is 16.3. The molecule has 2 aliphatic heterocycles. The lowest BCUT2D eigenvalue weighted by Crippen LogP contribution is -2.37. The van der Waals surface area contributed by atoms with Crippen LogP contribution in [-0.4, -0.2) is 36.0 Å². The lowest BCUT2D eigenvalue weighted by Gasteiger charge is -2.25. The quantitative estimate of drug-likeness (QED) is 0.510. The largest absolute Gasteiger partial charge is 0.454 e. The van der Waals surface area contributed by atoms with Crippen LogP contribution in [0.25, 0.3) is 0 Å². The highest BCUT2D eigenvalue weighted by molar-refractivity contribution is 6.31. The minimum Gasteiger partial charge on any atom is -0.454 e. The Kier molecular flexibility index (Phi) is 5.88. The predicted octanol–water partition coefficient (Wildman–Crippen LogP) is 5.04. The molecule has 2 aliphatic rings. The van der Waals surface area contributed by atoms with Crippen molar-refractivity contribution in [2.75, 3.05) is 13.3 Å². The van der Waals surface area contributed by atoms with Gasteiger partial charge < -0.3 is 19.2 Å². The number of amides is 1. The first-order valence-corrected chi connectivity index (χ1v) is 10.9. The molecular weight excluding hydrogens is 447 g/mol. The van der Waals surface area contributed by atoms with Crippen molar-refractivity contribution in [3.05, 3.63) is 94.3 Å². The zero-order chi connectivity index (χ0) is 22.8. The van der Waals surface area contributed by atoms with E-state index in [4.69, 9.17) is 25.9 Å². The van der Waals surface area contributed by atoms with E-state index in [0.717, 1.165) is 16.8 Å². The van der Waals surface area contributed by atoms with Gasteiger partial charge in [-0.1, -0.05) is 47.1 Å². The number of ether oxygens (including phenoxy) is 2. The molecule has 0 bridgehead atoms. The number of carbonyl (C=O) groups excluding carboxylic acids is 1. The fraction of sp³-hybridized carbons (Fsp3) is 0.200. The molecule has 0 spiro atoms. The second-order valence-electron chi connectivity index (χ2n) is 7.79. The molecule has 0 aliphatic carbocycles. The third-order valence-electron chi connectivity index (χ3n) is 5.57. The molecule has 6 nitrogen and oxygen atoms in total. The van der Waals surface area contributed by atoms with Gasteiger partial charge in [-0.3, -0.25) is 4.79 Å². The standard InChI is InChI=1S/C25H20ClFN2O4/c26-20-7-3-1-5-17(20)13-29(25(30)19-6-2-4-8-21(19)27)14-18-12-22(28-33-18)16-9-10-23-24(11-16)32-15-31-23/h1-11,18H,12-15H2. The molecule has 3 aromatic rings.